The maximum atomic E-state index is 6.44. The van der Waals surface area contributed by atoms with Crippen molar-refractivity contribution in [2.45, 2.75) is 59.9 Å². The molecule has 4 nitrogen and oxygen atoms in total. The van der Waals surface area contributed by atoms with Gasteiger partial charge in [-0.1, -0.05) is 32.9 Å². The summed E-state index contributed by atoms with van der Waals surface area (Å²) < 4.78 is 5.65. The summed E-state index contributed by atoms with van der Waals surface area (Å²) >= 11 is 8.15. The Morgan fingerprint density at radius 3 is 2.61 bits per heavy atom. The molecule has 0 amide bonds. The number of anilines is 1. The van der Waals surface area contributed by atoms with Crippen molar-refractivity contribution in [2.75, 3.05) is 18.1 Å². The molecular formula is C25H30ClN3OS. The number of ether oxygens (including phenoxy) is 1. The van der Waals surface area contributed by atoms with Crippen molar-refractivity contribution in [1.29, 1.82) is 0 Å². The number of fused-ring (bicyclic) bond motifs is 3. The van der Waals surface area contributed by atoms with Gasteiger partial charge in [-0.05, 0) is 73.2 Å². The molecule has 3 aromatic rings. The minimum absolute atomic E-state index is 0.320. The molecule has 3 heterocycles. The first-order valence-electron chi connectivity index (χ1n) is 11.1. The standard InChI is InChI=1S/C25H30ClN3OS/c1-6-30-18-9-7-16(8-10-18)19-15(2)31-22-20(19)21(27-23(26)28-22)29-14-25(5)12-17(29)11-24(3,4)13-25/h7-10,17H,6,11-14H2,1-5H3. The highest BCUT2D eigenvalue weighted by molar-refractivity contribution is 7.19. The normalized spacial score (nSPS) is 24.7. The number of rotatable bonds is 4. The highest BCUT2D eigenvalue weighted by Crippen LogP contribution is 2.55. The summed E-state index contributed by atoms with van der Waals surface area (Å²) in [6.45, 7) is 13.1. The molecule has 164 valence electrons. The summed E-state index contributed by atoms with van der Waals surface area (Å²) in [5, 5.41) is 1.48. The minimum atomic E-state index is 0.320. The van der Waals surface area contributed by atoms with E-state index in [1.54, 1.807) is 11.3 Å². The van der Waals surface area contributed by atoms with E-state index in [9.17, 15) is 0 Å². The van der Waals surface area contributed by atoms with Gasteiger partial charge < -0.3 is 9.64 Å². The molecule has 0 spiro atoms. The second-order valence-electron chi connectivity index (χ2n) is 10.3. The summed E-state index contributed by atoms with van der Waals surface area (Å²) in [5.41, 5.74) is 3.07. The quantitative estimate of drug-likeness (QED) is 0.392. The SMILES string of the molecule is CCOc1ccc(-c2c(C)sc3nc(Cl)nc(N4CC5(C)CC4CC(C)(C)C5)c23)cc1. The first kappa shape index (κ1) is 21.0. The second-order valence-corrected chi connectivity index (χ2v) is 11.9. The Morgan fingerprint density at radius 1 is 1.16 bits per heavy atom. The third kappa shape index (κ3) is 3.70. The van der Waals surface area contributed by atoms with Crippen molar-refractivity contribution in [1.82, 2.24) is 9.97 Å². The van der Waals surface area contributed by atoms with Crippen LogP contribution < -0.4 is 9.64 Å². The van der Waals surface area contributed by atoms with E-state index in [0.717, 1.165) is 28.3 Å². The number of nitrogens with zero attached hydrogens (tertiary/aromatic N) is 3. The third-order valence-corrected chi connectivity index (χ3v) is 7.99. The van der Waals surface area contributed by atoms with Crippen LogP contribution in [0.1, 0.15) is 51.8 Å². The zero-order valence-corrected chi connectivity index (χ0v) is 20.5. The Bertz CT molecular complexity index is 1140. The molecule has 31 heavy (non-hydrogen) atoms. The van der Waals surface area contributed by atoms with E-state index in [1.807, 2.05) is 19.1 Å². The minimum Gasteiger partial charge on any atom is -0.494 e. The number of hydrogen-bond acceptors (Lipinski definition) is 5. The number of aryl methyl sites for hydroxylation is 1. The van der Waals surface area contributed by atoms with Gasteiger partial charge >= 0.3 is 0 Å². The van der Waals surface area contributed by atoms with E-state index in [2.05, 4.69) is 49.7 Å². The predicted molar refractivity (Wildman–Crippen MR) is 131 cm³/mol. The first-order chi connectivity index (χ1) is 14.7. The Balaban J connectivity index is 1.66. The maximum absolute atomic E-state index is 6.44. The summed E-state index contributed by atoms with van der Waals surface area (Å²) in [6, 6.07) is 8.88. The Kier molecular flexibility index (Phi) is 4.98. The predicted octanol–water partition coefficient (Wildman–Crippen LogP) is 7.12. The molecule has 1 saturated heterocycles. The van der Waals surface area contributed by atoms with Crippen LogP contribution in [0.15, 0.2) is 24.3 Å². The van der Waals surface area contributed by atoms with Gasteiger partial charge in [0.05, 0.1) is 12.0 Å². The third-order valence-electron chi connectivity index (χ3n) is 6.82. The Labute approximate surface area is 193 Å². The molecular weight excluding hydrogens is 426 g/mol. The number of benzene rings is 1. The van der Waals surface area contributed by atoms with Gasteiger partial charge in [0.2, 0.25) is 5.28 Å². The molecule has 2 fully saturated rings. The lowest BCUT2D eigenvalue weighted by atomic mass is 9.65. The van der Waals surface area contributed by atoms with Crippen LogP contribution in [-0.2, 0) is 0 Å². The smallest absolute Gasteiger partial charge is 0.225 e. The summed E-state index contributed by atoms with van der Waals surface area (Å²) in [5.74, 6) is 1.90. The zero-order valence-electron chi connectivity index (χ0n) is 19.0. The lowest BCUT2D eigenvalue weighted by Crippen LogP contribution is -2.35. The fourth-order valence-corrected chi connectivity index (χ4v) is 7.47. The number of aromatic nitrogens is 2. The van der Waals surface area contributed by atoms with E-state index in [0.29, 0.717) is 28.8 Å². The fourth-order valence-electron chi connectivity index (χ4n) is 6.22. The molecule has 0 radical (unpaired) electrons. The van der Waals surface area contributed by atoms with Crippen LogP contribution in [0.25, 0.3) is 21.3 Å². The average molecular weight is 456 g/mol. The zero-order chi connectivity index (χ0) is 22.0. The molecule has 2 bridgehead atoms. The van der Waals surface area contributed by atoms with Crippen LogP contribution in [0.4, 0.5) is 5.82 Å². The van der Waals surface area contributed by atoms with Gasteiger partial charge in [0.15, 0.2) is 0 Å². The summed E-state index contributed by atoms with van der Waals surface area (Å²) in [4.78, 5) is 14.2. The van der Waals surface area contributed by atoms with Gasteiger partial charge in [-0.3, -0.25) is 0 Å². The summed E-state index contributed by atoms with van der Waals surface area (Å²) in [7, 11) is 0. The lowest BCUT2D eigenvalue weighted by molar-refractivity contribution is 0.136. The van der Waals surface area contributed by atoms with Crippen molar-refractivity contribution in [3.05, 3.63) is 34.4 Å². The monoisotopic (exact) mass is 455 g/mol. The van der Waals surface area contributed by atoms with Crippen LogP contribution in [-0.4, -0.2) is 29.2 Å². The topological polar surface area (TPSA) is 38.3 Å². The highest BCUT2D eigenvalue weighted by atomic mass is 35.5. The molecule has 0 N–H and O–H groups in total. The van der Waals surface area contributed by atoms with E-state index in [1.165, 1.54) is 35.3 Å². The molecule has 2 unspecified atom stereocenters. The maximum Gasteiger partial charge on any atom is 0.225 e. The van der Waals surface area contributed by atoms with Gasteiger partial charge in [0.25, 0.3) is 0 Å². The van der Waals surface area contributed by atoms with Gasteiger partial charge in [-0.15, -0.1) is 11.3 Å². The van der Waals surface area contributed by atoms with Crippen LogP contribution in [0.5, 0.6) is 5.75 Å². The van der Waals surface area contributed by atoms with E-state index in [4.69, 9.17) is 21.3 Å². The molecule has 6 heteroatoms. The van der Waals surface area contributed by atoms with E-state index >= 15 is 0 Å². The number of hydrogen-bond donors (Lipinski definition) is 0. The molecule has 1 aliphatic carbocycles. The van der Waals surface area contributed by atoms with Gasteiger partial charge in [-0.25, -0.2) is 4.98 Å². The first-order valence-corrected chi connectivity index (χ1v) is 12.3. The molecule has 2 aromatic heterocycles. The largest absolute Gasteiger partial charge is 0.494 e. The van der Waals surface area contributed by atoms with Crippen LogP contribution in [0.3, 0.4) is 0 Å². The Morgan fingerprint density at radius 2 is 1.90 bits per heavy atom. The van der Waals surface area contributed by atoms with Gasteiger partial charge in [0, 0.05) is 23.0 Å². The van der Waals surface area contributed by atoms with Gasteiger partial charge in [0.1, 0.15) is 16.4 Å². The number of thiophene rings is 1. The van der Waals surface area contributed by atoms with Crippen molar-refractivity contribution >= 4 is 39.0 Å². The molecule has 1 saturated carbocycles. The van der Waals surface area contributed by atoms with Crippen molar-refractivity contribution in [2.24, 2.45) is 10.8 Å². The molecule has 1 aliphatic heterocycles. The molecule has 2 atom stereocenters. The molecule has 5 rings (SSSR count). The van der Waals surface area contributed by atoms with E-state index in [-0.39, 0.29) is 0 Å². The fraction of sp³-hybridized carbons (Fsp3) is 0.520. The molecule has 2 aliphatic rings. The lowest BCUT2D eigenvalue weighted by Gasteiger charge is -2.39. The summed E-state index contributed by atoms with van der Waals surface area (Å²) in [6.07, 6.45) is 3.66. The van der Waals surface area contributed by atoms with Crippen molar-refractivity contribution in [3.63, 3.8) is 0 Å². The van der Waals surface area contributed by atoms with Crippen molar-refractivity contribution in [3.8, 4) is 16.9 Å². The van der Waals surface area contributed by atoms with Crippen molar-refractivity contribution < 1.29 is 4.74 Å². The number of halogens is 1. The highest BCUT2D eigenvalue weighted by Gasteiger charge is 2.50. The van der Waals surface area contributed by atoms with Crippen LogP contribution >= 0.6 is 22.9 Å². The second kappa shape index (κ2) is 7.35. The average Bonchev–Trinajstić information content (AvgIpc) is 3.13. The molecule has 1 aromatic carbocycles. The van der Waals surface area contributed by atoms with E-state index < -0.39 is 0 Å². The van der Waals surface area contributed by atoms with Crippen LogP contribution in [0.2, 0.25) is 5.28 Å². The van der Waals surface area contributed by atoms with Gasteiger partial charge in [-0.2, -0.15) is 4.98 Å². The Hall–Kier alpha value is -1.85. The van der Waals surface area contributed by atoms with Crippen LogP contribution in [0, 0.1) is 17.8 Å².